The fourth-order valence-electron chi connectivity index (χ4n) is 1.50. The molecule has 0 N–H and O–H groups in total. The molecule has 8 nitrogen and oxygen atoms in total. The molecular weight excluding hydrogens is 238 g/mol. The van der Waals surface area contributed by atoms with E-state index in [1.807, 2.05) is 6.07 Å². The summed E-state index contributed by atoms with van der Waals surface area (Å²) in [5.41, 5.74) is -0.147. The Morgan fingerprint density at radius 3 is 2.94 bits per heavy atom. The molecule has 2 heterocycles. The number of rotatable bonds is 3. The van der Waals surface area contributed by atoms with Crippen LogP contribution < -0.4 is 4.74 Å². The van der Waals surface area contributed by atoms with Crippen molar-refractivity contribution in [3.05, 3.63) is 40.5 Å². The summed E-state index contributed by atoms with van der Waals surface area (Å²) in [7, 11) is 1.28. The van der Waals surface area contributed by atoms with Gasteiger partial charge in [-0.3, -0.25) is 14.7 Å². The van der Waals surface area contributed by atoms with Gasteiger partial charge in [0.25, 0.3) is 5.88 Å². The van der Waals surface area contributed by atoms with Crippen LogP contribution in [0.5, 0.6) is 5.88 Å². The average Bonchev–Trinajstić information content (AvgIpc) is 2.85. The fourth-order valence-corrected chi connectivity index (χ4v) is 1.50. The molecule has 0 atom stereocenters. The summed E-state index contributed by atoms with van der Waals surface area (Å²) >= 11 is 0. The zero-order valence-corrected chi connectivity index (χ0v) is 9.27. The standard InChI is InChI=1S/C10H7N5O3/c1-18-10-8(15(16)17)9(12-6-13-10)14-4-2-3-7(14)5-11/h2-4,6H,1H3. The lowest BCUT2D eigenvalue weighted by Crippen LogP contribution is -2.06. The van der Waals surface area contributed by atoms with Crippen molar-refractivity contribution in [2.24, 2.45) is 0 Å². The number of aromatic nitrogens is 3. The maximum atomic E-state index is 11.0. The summed E-state index contributed by atoms with van der Waals surface area (Å²) in [6.07, 6.45) is 2.65. The third-order valence-electron chi connectivity index (χ3n) is 2.24. The topological polar surface area (TPSA) is 107 Å². The third kappa shape index (κ3) is 1.73. The smallest absolute Gasteiger partial charge is 0.373 e. The maximum Gasteiger partial charge on any atom is 0.373 e. The van der Waals surface area contributed by atoms with Gasteiger partial charge in [-0.2, -0.15) is 10.2 Å². The Hall–Kier alpha value is -2.95. The SMILES string of the molecule is COc1ncnc(-n2cccc2C#N)c1[N+](=O)[O-]. The van der Waals surface area contributed by atoms with E-state index in [0.717, 1.165) is 6.33 Å². The zero-order valence-electron chi connectivity index (χ0n) is 9.27. The zero-order chi connectivity index (χ0) is 13.1. The number of nitriles is 1. The highest BCUT2D eigenvalue weighted by molar-refractivity contribution is 5.55. The van der Waals surface area contributed by atoms with Gasteiger partial charge in [0.2, 0.25) is 5.82 Å². The van der Waals surface area contributed by atoms with Crippen LogP contribution in [0.15, 0.2) is 24.7 Å². The van der Waals surface area contributed by atoms with E-state index < -0.39 is 4.92 Å². The van der Waals surface area contributed by atoms with Crippen molar-refractivity contribution >= 4 is 5.69 Å². The molecule has 0 spiro atoms. The normalized spacial score (nSPS) is 9.78. The van der Waals surface area contributed by atoms with Crippen molar-refractivity contribution in [2.75, 3.05) is 7.11 Å². The summed E-state index contributed by atoms with van der Waals surface area (Å²) in [4.78, 5) is 17.9. The van der Waals surface area contributed by atoms with Crippen LogP contribution in [-0.4, -0.2) is 26.6 Å². The van der Waals surface area contributed by atoms with Crippen molar-refractivity contribution in [1.29, 1.82) is 5.26 Å². The number of nitro groups is 1. The van der Waals surface area contributed by atoms with Gasteiger partial charge in [0.15, 0.2) is 0 Å². The molecule has 2 rings (SSSR count). The lowest BCUT2D eigenvalue weighted by Gasteiger charge is -2.06. The van der Waals surface area contributed by atoms with Crippen molar-refractivity contribution < 1.29 is 9.66 Å². The molecule has 0 saturated heterocycles. The molecule has 2 aromatic rings. The Morgan fingerprint density at radius 2 is 2.33 bits per heavy atom. The van der Waals surface area contributed by atoms with Crippen LogP contribution in [-0.2, 0) is 0 Å². The van der Waals surface area contributed by atoms with E-state index >= 15 is 0 Å². The predicted molar refractivity (Wildman–Crippen MR) is 59.3 cm³/mol. The predicted octanol–water partition coefficient (Wildman–Crippen LogP) is 1.06. The molecular formula is C10H7N5O3. The summed E-state index contributed by atoms with van der Waals surface area (Å²) in [6.45, 7) is 0. The van der Waals surface area contributed by atoms with Crippen LogP contribution in [0.4, 0.5) is 5.69 Å². The molecule has 0 aliphatic heterocycles. The fraction of sp³-hybridized carbons (Fsp3) is 0.100. The summed E-state index contributed by atoms with van der Waals surface area (Å²) in [5.74, 6) is -0.156. The van der Waals surface area contributed by atoms with Crippen LogP contribution >= 0.6 is 0 Å². The molecule has 0 aliphatic carbocycles. The van der Waals surface area contributed by atoms with E-state index in [2.05, 4.69) is 9.97 Å². The van der Waals surface area contributed by atoms with Gasteiger partial charge in [0, 0.05) is 6.20 Å². The second kappa shape index (κ2) is 4.50. The van der Waals surface area contributed by atoms with Crippen LogP contribution in [0.25, 0.3) is 5.82 Å². The first kappa shape index (κ1) is 11.5. The number of hydrogen-bond acceptors (Lipinski definition) is 6. The molecule has 18 heavy (non-hydrogen) atoms. The lowest BCUT2D eigenvalue weighted by molar-refractivity contribution is -0.386. The molecule has 90 valence electrons. The Kier molecular flexibility index (Phi) is 2.89. The van der Waals surface area contributed by atoms with Crippen LogP contribution in [0, 0.1) is 21.4 Å². The molecule has 0 fully saturated rings. The summed E-state index contributed by atoms with van der Waals surface area (Å²) < 4.78 is 6.14. The molecule has 2 aromatic heterocycles. The van der Waals surface area contributed by atoms with E-state index in [4.69, 9.17) is 10.00 Å². The summed E-state index contributed by atoms with van der Waals surface area (Å²) in [6, 6.07) is 5.04. The highest BCUT2D eigenvalue weighted by Gasteiger charge is 2.25. The Labute approximate surface area is 101 Å². The Morgan fingerprint density at radius 1 is 1.56 bits per heavy atom. The number of ether oxygens (including phenoxy) is 1. The van der Waals surface area contributed by atoms with Crippen LogP contribution in [0.1, 0.15) is 5.69 Å². The van der Waals surface area contributed by atoms with Crippen molar-refractivity contribution in [3.63, 3.8) is 0 Å². The number of nitrogens with zero attached hydrogens (tertiary/aromatic N) is 5. The van der Waals surface area contributed by atoms with Gasteiger partial charge in [0.1, 0.15) is 18.1 Å². The highest BCUT2D eigenvalue weighted by Crippen LogP contribution is 2.29. The van der Waals surface area contributed by atoms with E-state index in [-0.39, 0.29) is 23.1 Å². The highest BCUT2D eigenvalue weighted by atomic mass is 16.6. The molecule has 0 amide bonds. The van der Waals surface area contributed by atoms with E-state index in [9.17, 15) is 10.1 Å². The van der Waals surface area contributed by atoms with Crippen molar-refractivity contribution in [1.82, 2.24) is 14.5 Å². The molecule has 0 unspecified atom stereocenters. The van der Waals surface area contributed by atoms with Crippen LogP contribution in [0.2, 0.25) is 0 Å². The monoisotopic (exact) mass is 245 g/mol. The molecule has 0 saturated carbocycles. The molecule has 0 radical (unpaired) electrons. The van der Waals surface area contributed by atoms with Crippen LogP contribution in [0.3, 0.4) is 0 Å². The molecule has 8 heteroatoms. The van der Waals surface area contributed by atoms with Gasteiger partial charge in [-0.1, -0.05) is 0 Å². The minimum atomic E-state index is -0.644. The minimum Gasteiger partial charge on any atom is -0.476 e. The Balaban J connectivity index is 2.72. The van der Waals surface area contributed by atoms with Crippen molar-refractivity contribution in [2.45, 2.75) is 0 Å². The first-order valence-electron chi connectivity index (χ1n) is 4.80. The first-order valence-corrected chi connectivity index (χ1v) is 4.80. The lowest BCUT2D eigenvalue weighted by atomic mass is 10.4. The first-order chi connectivity index (χ1) is 8.69. The molecule has 0 bridgehead atoms. The van der Waals surface area contributed by atoms with Gasteiger partial charge in [0.05, 0.1) is 12.0 Å². The number of hydrogen-bond donors (Lipinski definition) is 0. The van der Waals surface area contributed by atoms with Gasteiger partial charge in [-0.25, -0.2) is 4.98 Å². The second-order valence-corrected chi connectivity index (χ2v) is 3.19. The van der Waals surface area contributed by atoms with E-state index in [0.29, 0.717) is 0 Å². The third-order valence-corrected chi connectivity index (χ3v) is 2.24. The quantitative estimate of drug-likeness (QED) is 0.591. The second-order valence-electron chi connectivity index (χ2n) is 3.19. The van der Waals surface area contributed by atoms with E-state index in [1.54, 1.807) is 6.07 Å². The minimum absolute atomic E-state index is 0.00611. The van der Waals surface area contributed by atoms with Crippen molar-refractivity contribution in [3.8, 4) is 17.8 Å². The molecule has 0 aliphatic rings. The maximum absolute atomic E-state index is 11.0. The van der Waals surface area contributed by atoms with Gasteiger partial charge in [-0.05, 0) is 12.1 Å². The summed E-state index contributed by atoms with van der Waals surface area (Å²) in [5, 5.41) is 20.0. The Bertz CT molecular complexity index is 643. The largest absolute Gasteiger partial charge is 0.476 e. The van der Waals surface area contributed by atoms with Gasteiger partial charge >= 0.3 is 5.69 Å². The number of methoxy groups -OCH3 is 1. The average molecular weight is 245 g/mol. The molecule has 0 aromatic carbocycles. The van der Waals surface area contributed by atoms with Gasteiger partial charge < -0.3 is 4.74 Å². The van der Waals surface area contributed by atoms with E-state index in [1.165, 1.54) is 23.9 Å². The van der Waals surface area contributed by atoms with Gasteiger partial charge in [-0.15, -0.1) is 0 Å².